The van der Waals surface area contributed by atoms with Gasteiger partial charge in [0.05, 0.1) is 0 Å². The molecule has 0 radical (unpaired) electrons. The molecule has 0 saturated heterocycles. The second-order valence-electron chi connectivity index (χ2n) is 6.54. The van der Waals surface area contributed by atoms with Gasteiger partial charge in [-0.1, -0.05) is 24.3 Å². The van der Waals surface area contributed by atoms with E-state index in [1.807, 2.05) is 18.2 Å². The number of hydrogen-bond acceptors (Lipinski definition) is 3. The van der Waals surface area contributed by atoms with E-state index in [0.29, 0.717) is 24.3 Å². The Morgan fingerprint density at radius 2 is 1.62 bits per heavy atom. The first kappa shape index (κ1) is 17.9. The molecule has 0 fully saturated rings. The van der Waals surface area contributed by atoms with Crippen LogP contribution < -0.4 is 4.90 Å². The average molecular weight is 350 g/mol. The van der Waals surface area contributed by atoms with Gasteiger partial charge in [0.1, 0.15) is 6.54 Å². The zero-order valence-corrected chi connectivity index (χ0v) is 15.1. The maximum absolute atomic E-state index is 12.7. The quantitative estimate of drug-likeness (QED) is 0.797. The molecule has 0 saturated carbocycles. The summed E-state index contributed by atoms with van der Waals surface area (Å²) < 4.78 is 0. The largest absolute Gasteiger partial charge is 0.336 e. The fourth-order valence-electron chi connectivity index (χ4n) is 3.20. The number of nitrogens with zero attached hydrogens (tertiary/aromatic N) is 2. The van der Waals surface area contributed by atoms with Crippen molar-refractivity contribution in [2.45, 2.75) is 26.8 Å². The summed E-state index contributed by atoms with van der Waals surface area (Å²) >= 11 is 0. The van der Waals surface area contributed by atoms with Crippen molar-refractivity contribution in [3.63, 3.8) is 0 Å². The summed E-state index contributed by atoms with van der Waals surface area (Å²) in [6, 6.07) is 14.9. The minimum Gasteiger partial charge on any atom is -0.336 e. The first-order chi connectivity index (χ1) is 12.5. The lowest BCUT2D eigenvalue weighted by atomic mass is 10.00. The van der Waals surface area contributed by atoms with E-state index in [2.05, 4.69) is 6.07 Å². The van der Waals surface area contributed by atoms with Crippen LogP contribution in [0.4, 0.5) is 5.69 Å². The van der Waals surface area contributed by atoms with Gasteiger partial charge in [-0.05, 0) is 48.7 Å². The van der Waals surface area contributed by atoms with Gasteiger partial charge in [-0.2, -0.15) is 0 Å². The molecule has 0 N–H and O–H groups in total. The summed E-state index contributed by atoms with van der Waals surface area (Å²) in [6.45, 7) is 4.17. The number of Topliss-reactive ketones (excluding diaryl/α,β-unsaturated/α-hetero) is 1. The lowest BCUT2D eigenvalue weighted by molar-refractivity contribution is -0.132. The number of benzene rings is 2. The summed E-state index contributed by atoms with van der Waals surface area (Å²) in [4.78, 5) is 39.5. The van der Waals surface area contributed by atoms with Crippen molar-refractivity contribution in [3.8, 4) is 0 Å². The molecule has 0 spiro atoms. The van der Waals surface area contributed by atoms with E-state index >= 15 is 0 Å². The monoisotopic (exact) mass is 350 g/mol. The minimum atomic E-state index is -0.202. The number of carbonyl (C=O) groups is 3. The summed E-state index contributed by atoms with van der Waals surface area (Å²) in [7, 11) is 0. The van der Waals surface area contributed by atoms with Crippen LogP contribution in [-0.4, -0.2) is 35.6 Å². The number of carbonyl (C=O) groups excluding carboxylic acids is 3. The van der Waals surface area contributed by atoms with Crippen molar-refractivity contribution in [3.05, 3.63) is 65.2 Å². The first-order valence-electron chi connectivity index (χ1n) is 8.69. The molecule has 0 aliphatic carbocycles. The van der Waals surface area contributed by atoms with Crippen LogP contribution in [0.3, 0.4) is 0 Å². The van der Waals surface area contributed by atoms with Crippen molar-refractivity contribution < 1.29 is 14.4 Å². The molecule has 1 heterocycles. The summed E-state index contributed by atoms with van der Waals surface area (Å²) in [6.07, 6.45) is 0.829. The van der Waals surface area contributed by atoms with E-state index < -0.39 is 0 Å². The molecule has 2 amide bonds. The van der Waals surface area contributed by atoms with Crippen LogP contribution in [0.15, 0.2) is 48.5 Å². The Bertz CT molecular complexity index is 843. The predicted octanol–water partition coefficient (Wildman–Crippen LogP) is 2.83. The second-order valence-corrected chi connectivity index (χ2v) is 6.54. The highest BCUT2D eigenvalue weighted by Crippen LogP contribution is 2.20. The van der Waals surface area contributed by atoms with Crippen LogP contribution >= 0.6 is 0 Å². The Hall–Kier alpha value is -2.95. The van der Waals surface area contributed by atoms with Gasteiger partial charge in [-0.15, -0.1) is 0 Å². The van der Waals surface area contributed by atoms with Gasteiger partial charge in [0, 0.05) is 31.3 Å². The van der Waals surface area contributed by atoms with E-state index in [0.717, 1.165) is 12.0 Å². The highest BCUT2D eigenvalue weighted by Gasteiger charge is 2.24. The average Bonchev–Trinajstić information content (AvgIpc) is 2.65. The maximum atomic E-state index is 12.7. The van der Waals surface area contributed by atoms with Gasteiger partial charge in [-0.25, -0.2) is 0 Å². The highest BCUT2D eigenvalue weighted by atomic mass is 16.2. The minimum absolute atomic E-state index is 0.00306. The predicted molar refractivity (Wildman–Crippen MR) is 100 cm³/mol. The molecular formula is C21H22N2O3. The van der Waals surface area contributed by atoms with E-state index in [4.69, 9.17) is 0 Å². The van der Waals surface area contributed by atoms with E-state index in [1.165, 1.54) is 24.3 Å². The van der Waals surface area contributed by atoms with E-state index in [1.54, 1.807) is 29.2 Å². The van der Waals surface area contributed by atoms with Crippen LogP contribution in [0.2, 0.25) is 0 Å². The zero-order chi connectivity index (χ0) is 18.7. The third-order valence-corrected chi connectivity index (χ3v) is 4.74. The Kier molecular flexibility index (Phi) is 5.16. The van der Waals surface area contributed by atoms with Crippen molar-refractivity contribution in [2.24, 2.45) is 0 Å². The molecule has 1 aliphatic heterocycles. The number of fused-ring (bicyclic) bond motifs is 1. The number of hydrogen-bond donors (Lipinski definition) is 0. The third kappa shape index (κ3) is 3.82. The number of rotatable bonds is 4. The van der Waals surface area contributed by atoms with Crippen molar-refractivity contribution >= 4 is 23.3 Å². The van der Waals surface area contributed by atoms with Crippen LogP contribution in [0, 0.1) is 0 Å². The molecule has 5 nitrogen and oxygen atoms in total. The third-order valence-electron chi connectivity index (χ3n) is 4.74. The standard InChI is InChI=1S/C21H22N2O3/c1-15(24)17-7-9-20(10-8-17)23(16(2)25)14-21(26)22-12-11-18-5-3-4-6-19(18)13-22/h3-10H,11-14H2,1-2H3. The molecule has 134 valence electrons. The van der Waals surface area contributed by atoms with Crippen molar-refractivity contribution in [1.29, 1.82) is 0 Å². The van der Waals surface area contributed by atoms with Gasteiger partial charge < -0.3 is 9.80 Å². The lowest BCUT2D eigenvalue weighted by Crippen LogP contribution is -2.44. The zero-order valence-electron chi connectivity index (χ0n) is 15.1. The van der Waals surface area contributed by atoms with Crippen LogP contribution in [0.1, 0.15) is 35.3 Å². The van der Waals surface area contributed by atoms with Crippen molar-refractivity contribution in [1.82, 2.24) is 4.90 Å². The summed E-state index contributed by atoms with van der Waals surface area (Å²) in [5.74, 6) is -0.314. The molecule has 26 heavy (non-hydrogen) atoms. The molecule has 0 bridgehead atoms. The molecule has 2 aromatic rings. The number of anilines is 1. The molecular weight excluding hydrogens is 328 g/mol. The van der Waals surface area contributed by atoms with Crippen LogP contribution in [0.25, 0.3) is 0 Å². The van der Waals surface area contributed by atoms with Gasteiger partial charge in [-0.3, -0.25) is 14.4 Å². The van der Waals surface area contributed by atoms with Gasteiger partial charge >= 0.3 is 0 Å². The Morgan fingerprint density at radius 1 is 0.962 bits per heavy atom. The maximum Gasteiger partial charge on any atom is 0.242 e. The lowest BCUT2D eigenvalue weighted by Gasteiger charge is -2.31. The fraction of sp³-hybridized carbons (Fsp3) is 0.286. The number of amides is 2. The Balaban J connectivity index is 1.73. The number of ketones is 1. The second kappa shape index (κ2) is 7.52. The van der Waals surface area contributed by atoms with Crippen molar-refractivity contribution in [2.75, 3.05) is 18.0 Å². The van der Waals surface area contributed by atoms with Gasteiger partial charge in [0.15, 0.2) is 5.78 Å². The molecule has 2 aromatic carbocycles. The van der Waals surface area contributed by atoms with Crippen LogP contribution in [-0.2, 0) is 22.6 Å². The first-order valence-corrected chi connectivity index (χ1v) is 8.69. The molecule has 3 rings (SSSR count). The molecule has 0 unspecified atom stereocenters. The van der Waals surface area contributed by atoms with Crippen LogP contribution in [0.5, 0.6) is 0 Å². The summed E-state index contributed by atoms with van der Waals surface area (Å²) in [5.41, 5.74) is 3.64. The smallest absolute Gasteiger partial charge is 0.242 e. The molecule has 1 aliphatic rings. The topological polar surface area (TPSA) is 57.7 Å². The molecule has 5 heteroatoms. The van der Waals surface area contributed by atoms with Gasteiger partial charge in [0.25, 0.3) is 0 Å². The van der Waals surface area contributed by atoms with E-state index in [9.17, 15) is 14.4 Å². The molecule has 0 aromatic heterocycles. The Labute approximate surface area is 153 Å². The summed E-state index contributed by atoms with van der Waals surface area (Å²) in [5, 5.41) is 0. The Morgan fingerprint density at radius 3 is 2.23 bits per heavy atom. The fourth-order valence-corrected chi connectivity index (χ4v) is 3.20. The normalized spacial score (nSPS) is 13.1. The highest BCUT2D eigenvalue weighted by molar-refractivity contribution is 5.98. The van der Waals surface area contributed by atoms with Gasteiger partial charge in [0.2, 0.25) is 11.8 Å². The SMILES string of the molecule is CC(=O)c1ccc(N(CC(=O)N2CCc3ccccc3C2)C(C)=O)cc1. The van der Waals surface area contributed by atoms with E-state index in [-0.39, 0.29) is 24.1 Å². The molecule has 0 atom stereocenters.